The first kappa shape index (κ1) is 11.5. The molecule has 0 N–H and O–H groups in total. The van der Waals surface area contributed by atoms with Crippen LogP contribution in [0.15, 0.2) is 16.3 Å². The summed E-state index contributed by atoms with van der Waals surface area (Å²) in [5.74, 6) is 0.0567. The number of halogens is 1. The van der Waals surface area contributed by atoms with E-state index in [1.807, 2.05) is 0 Å². The van der Waals surface area contributed by atoms with Crippen molar-refractivity contribution >= 4 is 21.7 Å². The number of carbonyl (C=O) groups is 1. The summed E-state index contributed by atoms with van der Waals surface area (Å²) < 4.78 is 2.06. The molecule has 1 heterocycles. The Bertz CT molecular complexity index is 417. The van der Waals surface area contributed by atoms with E-state index in [9.17, 15) is 4.79 Å². The molecular formula is C11H14BrN3O. The third-order valence-electron chi connectivity index (χ3n) is 2.83. The van der Waals surface area contributed by atoms with E-state index in [1.54, 1.807) is 7.05 Å². The highest BCUT2D eigenvalue weighted by molar-refractivity contribution is 9.10. The Labute approximate surface area is 103 Å². The number of rotatable bonds is 2. The largest absolute Gasteiger partial charge is 0.287 e. The van der Waals surface area contributed by atoms with Gasteiger partial charge in [-0.2, -0.15) is 0 Å². The minimum atomic E-state index is 0.0567. The van der Waals surface area contributed by atoms with Gasteiger partial charge < -0.3 is 0 Å². The summed E-state index contributed by atoms with van der Waals surface area (Å²) >= 11 is 3.26. The SMILES string of the molecule is Cn1nnc(Br)c1C(=O)C1=CCCCCC1. The fourth-order valence-electron chi connectivity index (χ4n) is 1.95. The first-order chi connectivity index (χ1) is 7.70. The Morgan fingerprint density at radius 1 is 1.44 bits per heavy atom. The summed E-state index contributed by atoms with van der Waals surface area (Å²) in [7, 11) is 1.74. The van der Waals surface area contributed by atoms with Crippen LogP contribution < -0.4 is 0 Å². The van der Waals surface area contributed by atoms with E-state index in [0.29, 0.717) is 10.3 Å². The van der Waals surface area contributed by atoms with Crippen LogP contribution in [0.3, 0.4) is 0 Å². The molecule has 1 aliphatic rings. The van der Waals surface area contributed by atoms with Crippen molar-refractivity contribution in [3.05, 3.63) is 21.9 Å². The summed E-state index contributed by atoms with van der Waals surface area (Å²) in [6.07, 6.45) is 7.43. The summed E-state index contributed by atoms with van der Waals surface area (Å²) in [4.78, 5) is 12.3. The van der Waals surface area contributed by atoms with Crippen LogP contribution in [-0.4, -0.2) is 20.8 Å². The molecule has 0 atom stereocenters. The van der Waals surface area contributed by atoms with Crippen molar-refractivity contribution in [1.29, 1.82) is 0 Å². The van der Waals surface area contributed by atoms with E-state index in [2.05, 4.69) is 32.3 Å². The molecule has 0 aliphatic heterocycles. The number of ketones is 1. The van der Waals surface area contributed by atoms with Gasteiger partial charge in [-0.25, -0.2) is 4.68 Å². The van der Waals surface area contributed by atoms with E-state index in [0.717, 1.165) is 24.8 Å². The minimum absolute atomic E-state index is 0.0567. The van der Waals surface area contributed by atoms with Crippen molar-refractivity contribution in [2.45, 2.75) is 32.1 Å². The Morgan fingerprint density at radius 3 is 2.94 bits per heavy atom. The van der Waals surface area contributed by atoms with Gasteiger partial charge in [0, 0.05) is 7.05 Å². The second-order valence-electron chi connectivity index (χ2n) is 4.01. The average Bonchev–Trinajstić information content (AvgIpc) is 2.51. The van der Waals surface area contributed by atoms with Gasteiger partial charge in [-0.3, -0.25) is 4.79 Å². The predicted molar refractivity (Wildman–Crippen MR) is 64.2 cm³/mol. The number of Topliss-reactive ketones (excluding diaryl/α,β-unsaturated/α-hetero) is 1. The molecule has 0 unspecified atom stereocenters. The van der Waals surface area contributed by atoms with Gasteiger partial charge in [-0.15, -0.1) is 5.10 Å². The lowest BCUT2D eigenvalue weighted by Crippen LogP contribution is -2.10. The van der Waals surface area contributed by atoms with Crippen LogP contribution in [0.1, 0.15) is 42.6 Å². The highest BCUT2D eigenvalue weighted by Gasteiger charge is 2.20. The topological polar surface area (TPSA) is 47.8 Å². The Balaban J connectivity index is 2.27. The average molecular weight is 284 g/mol. The molecule has 86 valence electrons. The second-order valence-corrected chi connectivity index (χ2v) is 4.76. The predicted octanol–water partition coefficient (Wildman–Crippen LogP) is 2.65. The number of aryl methyl sites for hydroxylation is 1. The molecule has 4 nitrogen and oxygen atoms in total. The van der Waals surface area contributed by atoms with Gasteiger partial charge in [0.15, 0.2) is 4.60 Å². The Morgan fingerprint density at radius 2 is 2.25 bits per heavy atom. The number of hydrogen-bond donors (Lipinski definition) is 0. The maximum atomic E-state index is 12.3. The first-order valence-corrected chi connectivity index (χ1v) is 6.28. The summed E-state index contributed by atoms with van der Waals surface area (Å²) in [6, 6.07) is 0. The molecule has 0 aromatic carbocycles. The smallest absolute Gasteiger partial charge is 0.209 e. The molecule has 1 aromatic rings. The highest BCUT2D eigenvalue weighted by atomic mass is 79.9. The van der Waals surface area contributed by atoms with Crippen molar-refractivity contribution in [2.24, 2.45) is 7.05 Å². The molecule has 1 aromatic heterocycles. The number of aromatic nitrogens is 3. The van der Waals surface area contributed by atoms with Crippen LogP contribution in [0.4, 0.5) is 0 Å². The maximum Gasteiger partial charge on any atom is 0.209 e. The second kappa shape index (κ2) is 4.91. The van der Waals surface area contributed by atoms with Crippen molar-refractivity contribution in [3.63, 3.8) is 0 Å². The number of allylic oxidation sites excluding steroid dienone is 2. The van der Waals surface area contributed by atoms with Gasteiger partial charge in [0.25, 0.3) is 0 Å². The van der Waals surface area contributed by atoms with Gasteiger partial charge in [-0.05, 0) is 47.2 Å². The van der Waals surface area contributed by atoms with Crippen LogP contribution in [0.25, 0.3) is 0 Å². The molecule has 0 saturated carbocycles. The lowest BCUT2D eigenvalue weighted by molar-refractivity contribution is 0.102. The van der Waals surface area contributed by atoms with E-state index in [-0.39, 0.29) is 5.78 Å². The molecule has 0 amide bonds. The summed E-state index contributed by atoms with van der Waals surface area (Å²) in [5, 5.41) is 7.66. The molecule has 0 radical (unpaired) electrons. The van der Waals surface area contributed by atoms with Crippen LogP contribution in [0, 0.1) is 0 Å². The number of hydrogen-bond acceptors (Lipinski definition) is 3. The summed E-state index contributed by atoms with van der Waals surface area (Å²) in [6.45, 7) is 0. The van der Waals surface area contributed by atoms with Crippen molar-refractivity contribution in [3.8, 4) is 0 Å². The normalized spacial score (nSPS) is 16.8. The zero-order valence-electron chi connectivity index (χ0n) is 9.24. The van der Waals surface area contributed by atoms with Gasteiger partial charge in [0.1, 0.15) is 5.69 Å². The third-order valence-corrected chi connectivity index (χ3v) is 3.37. The van der Waals surface area contributed by atoms with Crippen molar-refractivity contribution < 1.29 is 4.79 Å². The van der Waals surface area contributed by atoms with Gasteiger partial charge >= 0.3 is 0 Å². The van der Waals surface area contributed by atoms with E-state index in [1.165, 1.54) is 17.5 Å². The van der Waals surface area contributed by atoms with Gasteiger partial charge in [0.05, 0.1) is 0 Å². The molecule has 0 bridgehead atoms. The molecule has 16 heavy (non-hydrogen) atoms. The third kappa shape index (κ3) is 2.24. The fourth-order valence-corrected chi connectivity index (χ4v) is 2.45. The van der Waals surface area contributed by atoms with Crippen molar-refractivity contribution in [1.82, 2.24) is 15.0 Å². The Hall–Kier alpha value is -0.970. The highest BCUT2D eigenvalue weighted by Crippen LogP contribution is 2.23. The zero-order valence-corrected chi connectivity index (χ0v) is 10.8. The lowest BCUT2D eigenvalue weighted by atomic mass is 10.0. The quantitative estimate of drug-likeness (QED) is 0.784. The van der Waals surface area contributed by atoms with Gasteiger partial charge in [0.2, 0.25) is 5.78 Å². The molecule has 5 heteroatoms. The van der Waals surface area contributed by atoms with E-state index >= 15 is 0 Å². The minimum Gasteiger partial charge on any atom is -0.287 e. The Kier molecular flexibility index (Phi) is 3.53. The maximum absolute atomic E-state index is 12.3. The molecular weight excluding hydrogens is 270 g/mol. The zero-order chi connectivity index (χ0) is 11.5. The standard InChI is InChI=1S/C11H14BrN3O/c1-15-9(11(12)13-14-15)10(16)8-6-4-2-3-5-7-8/h6H,2-5,7H2,1H3. The monoisotopic (exact) mass is 283 g/mol. The van der Waals surface area contributed by atoms with Crippen LogP contribution >= 0.6 is 15.9 Å². The van der Waals surface area contributed by atoms with Crippen LogP contribution in [-0.2, 0) is 7.05 Å². The molecule has 0 saturated heterocycles. The van der Waals surface area contributed by atoms with Gasteiger partial charge in [-0.1, -0.05) is 17.7 Å². The molecule has 0 spiro atoms. The molecule has 1 aliphatic carbocycles. The number of carbonyl (C=O) groups excluding carboxylic acids is 1. The number of nitrogens with zero attached hydrogens (tertiary/aromatic N) is 3. The lowest BCUT2D eigenvalue weighted by Gasteiger charge is -2.04. The van der Waals surface area contributed by atoms with Crippen LogP contribution in [0.5, 0.6) is 0 Å². The van der Waals surface area contributed by atoms with Crippen LogP contribution in [0.2, 0.25) is 0 Å². The van der Waals surface area contributed by atoms with E-state index in [4.69, 9.17) is 0 Å². The summed E-state index contributed by atoms with van der Waals surface area (Å²) in [5.41, 5.74) is 1.46. The van der Waals surface area contributed by atoms with E-state index < -0.39 is 0 Å². The molecule has 0 fully saturated rings. The fraction of sp³-hybridized carbons (Fsp3) is 0.545. The molecule has 2 rings (SSSR count). The first-order valence-electron chi connectivity index (χ1n) is 5.49. The van der Waals surface area contributed by atoms with Crippen molar-refractivity contribution in [2.75, 3.05) is 0 Å².